The van der Waals surface area contributed by atoms with Gasteiger partial charge in [0.1, 0.15) is 0 Å². The second-order valence-electron chi connectivity index (χ2n) is 3.13. The highest BCUT2D eigenvalue weighted by Gasteiger charge is 1.93. The van der Waals surface area contributed by atoms with Gasteiger partial charge < -0.3 is 5.32 Å². The van der Waals surface area contributed by atoms with E-state index in [0.29, 0.717) is 0 Å². The van der Waals surface area contributed by atoms with E-state index in [2.05, 4.69) is 18.3 Å². The maximum absolute atomic E-state index is 5.86. The standard InChI is InChI=1S/C11H16ClN/c1-2-7-13-8-6-10-4-3-5-11(12)9-10/h3-5,9,13H,2,6-8H2,1H3. The summed E-state index contributed by atoms with van der Waals surface area (Å²) in [7, 11) is 0. The zero-order chi connectivity index (χ0) is 9.52. The van der Waals surface area contributed by atoms with Crippen LogP contribution in [0.5, 0.6) is 0 Å². The fourth-order valence-corrected chi connectivity index (χ4v) is 1.44. The van der Waals surface area contributed by atoms with Crippen molar-refractivity contribution in [3.05, 3.63) is 34.9 Å². The third-order valence-electron chi connectivity index (χ3n) is 1.91. The number of rotatable bonds is 5. The van der Waals surface area contributed by atoms with Crippen molar-refractivity contribution in [3.8, 4) is 0 Å². The molecule has 1 aromatic rings. The lowest BCUT2D eigenvalue weighted by Gasteiger charge is -2.03. The fourth-order valence-electron chi connectivity index (χ4n) is 1.23. The van der Waals surface area contributed by atoms with Gasteiger partial charge >= 0.3 is 0 Å². The summed E-state index contributed by atoms with van der Waals surface area (Å²) in [5, 5.41) is 4.19. The minimum atomic E-state index is 0.827. The lowest BCUT2D eigenvalue weighted by atomic mass is 10.1. The van der Waals surface area contributed by atoms with E-state index in [-0.39, 0.29) is 0 Å². The van der Waals surface area contributed by atoms with Crippen molar-refractivity contribution in [2.24, 2.45) is 0 Å². The molecule has 1 rings (SSSR count). The van der Waals surface area contributed by atoms with Gasteiger partial charge in [-0.25, -0.2) is 0 Å². The van der Waals surface area contributed by atoms with Crippen LogP contribution in [-0.4, -0.2) is 13.1 Å². The van der Waals surface area contributed by atoms with Gasteiger partial charge in [0.2, 0.25) is 0 Å². The van der Waals surface area contributed by atoms with Crippen LogP contribution in [0.4, 0.5) is 0 Å². The first-order chi connectivity index (χ1) is 6.33. The van der Waals surface area contributed by atoms with Gasteiger partial charge in [-0.2, -0.15) is 0 Å². The van der Waals surface area contributed by atoms with Gasteiger partial charge in [0.15, 0.2) is 0 Å². The van der Waals surface area contributed by atoms with E-state index in [0.717, 1.165) is 24.5 Å². The Labute approximate surface area is 85.1 Å². The molecule has 0 fully saturated rings. The zero-order valence-electron chi connectivity index (χ0n) is 8.02. The predicted molar refractivity (Wildman–Crippen MR) is 58.3 cm³/mol. The highest BCUT2D eigenvalue weighted by molar-refractivity contribution is 6.30. The molecular formula is C11H16ClN. The molecule has 0 heterocycles. The number of hydrogen-bond donors (Lipinski definition) is 1. The third-order valence-corrected chi connectivity index (χ3v) is 2.14. The Morgan fingerprint density at radius 1 is 1.31 bits per heavy atom. The molecule has 0 saturated heterocycles. The maximum atomic E-state index is 5.86. The van der Waals surface area contributed by atoms with E-state index in [9.17, 15) is 0 Å². The van der Waals surface area contributed by atoms with E-state index >= 15 is 0 Å². The number of halogens is 1. The molecule has 0 radical (unpaired) electrons. The van der Waals surface area contributed by atoms with E-state index in [1.807, 2.05) is 18.2 Å². The molecule has 1 aromatic carbocycles. The summed E-state index contributed by atoms with van der Waals surface area (Å²) in [6.45, 7) is 4.31. The van der Waals surface area contributed by atoms with Gasteiger partial charge in [-0.1, -0.05) is 30.7 Å². The van der Waals surface area contributed by atoms with Crippen LogP contribution in [0.15, 0.2) is 24.3 Å². The first-order valence-electron chi connectivity index (χ1n) is 4.78. The molecule has 0 amide bonds. The van der Waals surface area contributed by atoms with Crippen LogP contribution in [0.2, 0.25) is 5.02 Å². The van der Waals surface area contributed by atoms with Crippen molar-refractivity contribution in [3.63, 3.8) is 0 Å². The van der Waals surface area contributed by atoms with Gasteiger partial charge in [0.05, 0.1) is 0 Å². The van der Waals surface area contributed by atoms with E-state index < -0.39 is 0 Å². The first-order valence-corrected chi connectivity index (χ1v) is 5.16. The van der Waals surface area contributed by atoms with Crippen LogP contribution in [0, 0.1) is 0 Å². The Kier molecular flexibility index (Phi) is 4.87. The van der Waals surface area contributed by atoms with E-state index in [1.165, 1.54) is 12.0 Å². The van der Waals surface area contributed by atoms with Crippen LogP contribution < -0.4 is 5.32 Å². The molecule has 0 aliphatic carbocycles. The summed E-state index contributed by atoms with van der Waals surface area (Å²) in [6, 6.07) is 8.04. The van der Waals surface area contributed by atoms with Crippen LogP contribution in [0.25, 0.3) is 0 Å². The first kappa shape index (κ1) is 10.6. The maximum Gasteiger partial charge on any atom is 0.0408 e. The predicted octanol–water partition coefficient (Wildman–Crippen LogP) is 2.88. The molecule has 0 atom stereocenters. The topological polar surface area (TPSA) is 12.0 Å². The largest absolute Gasteiger partial charge is 0.316 e. The lowest BCUT2D eigenvalue weighted by molar-refractivity contribution is 0.671. The molecule has 1 N–H and O–H groups in total. The average Bonchev–Trinajstić information content (AvgIpc) is 2.13. The molecular weight excluding hydrogens is 182 g/mol. The highest BCUT2D eigenvalue weighted by atomic mass is 35.5. The molecule has 2 heteroatoms. The zero-order valence-corrected chi connectivity index (χ0v) is 8.77. The lowest BCUT2D eigenvalue weighted by Crippen LogP contribution is -2.17. The smallest absolute Gasteiger partial charge is 0.0408 e. The molecule has 13 heavy (non-hydrogen) atoms. The van der Waals surface area contributed by atoms with Crippen molar-refractivity contribution in [1.29, 1.82) is 0 Å². The Bertz CT molecular complexity index is 248. The Balaban J connectivity index is 2.28. The molecule has 0 saturated carbocycles. The summed E-state index contributed by atoms with van der Waals surface area (Å²) in [5.41, 5.74) is 1.30. The Hall–Kier alpha value is -0.530. The normalized spacial score (nSPS) is 10.3. The van der Waals surface area contributed by atoms with Crippen molar-refractivity contribution < 1.29 is 0 Å². The van der Waals surface area contributed by atoms with Gasteiger partial charge in [-0.3, -0.25) is 0 Å². The number of nitrogens with one attached hydrogen (secondary N) is 1. The quantitative estimate of drug-likeness (QED) is 0.716. The van der Waals surface area contributed by atoms with Crippen LogP contribution in [-0.2, 0) is 6.42 Å². The summed E-state index contributed by atoms with van der Waals surface area (Å²) < 4.78 is 0. The molecule has 72 valence electrons. The summed E-state index contributed by atoms with van der Waals surface area (Å²) >= 11 is 5.86. The number of benzene rings is 1. The van der Waals surface area contributed by atoms with Gasteiger partial charge in [0.25, 0.3) is 0 Å². The molecule has 0 aliphatic heterocycles. The van der Waals surface area contributed by atoms with E-state index in [4.69, 9.17) is 11.6 Å². The monoisotopic (exact) mass is 197 g/mol. The molecule has 0 spiro atoms. The summed E-state index contributed by atoms with van der Waals surface area (Å²) in [6.07, 6.45) is 2.25. The third kappa shape index (κ3) is 4.30. The summed E-state index contributed by atoms with van der Waals surface area (Å²) in [5.74, 6) is 0. The van der Waals surface area contributed by atoms with Crippen molar-refractivity contribution in [2.75, 3.05) is 13.1 Å². The SMILES string of the molecule is CCCNCCc1cccc(Cl)c1. The average molecular weight is 198 g/mol. The number of hydrogen-bond acceptors (Lipinski definition) is 1. The van der Waals surface area contributed by atoms with Crippen LogP contribution in [0.3, 0.4) is 0 Å². The molecule has 0 bridgehead atoms. The molecule has 0 aromatic heterocycles. The second kappa shape index (κ2) is 6.01. The highest BCUT2D eigenvalue weighted by Crippen LogP contribution is 2.10. The summed E-state index contributed by atoms with van der Waals surface area (Å²) in [4.78, 5) is 0. The molecule has 0 unspecified atom stereocenters. The van der Waals surface area contributed by atoms with Crippen LogP contribution >= 0.6 is 11.6 Å². The van der Waals surface area contributed by atoms with Gasteiger partial charge in [0, 0.05) is 5.02 Å². The van der Waals surface area contributed by atoms with Gasteiger partial charge in [-0.15, -0.1) is 0 Å². The molecule has 1 nitrogen and oxygen atoms in total. The minimum absolute atomic E-state index is 0.827. The molecule has 0 aliphatic rings. The van der Waals surface area contributed by atoms with Gasteiger partial charge in [-0.05, 0) is 43.6 Å². The van der Waals surface area contributed by atoms with Crippen molar-refractivity contribution in [2.45, 2.75) is 19.8 Å². The second-order valence-corrected chi connectivity index (χ2v) is 3.57. The Morgan fingerprint density at radius 3 is 2.85 bits per heavy atom. The van der Waals surface area contributed by atoms with E-state index in [1.54, 1.807) is 0 Å². The minimum Gasteiger partial charge on any atom is -0.316 e. The van der Waals surface area contributed by atoms with Crippen molar-refractivity contribution in [1.82, 2.24) is 5.32 Å². The fraction of sp³-hybridized carbons (Fsp3) is 0.455. The van der Waals surface area contributed by atoms with Crippen LogP contribution in [0.1, 0.15) is 18.9 Å². The Morgan fingerprint density at radius 2 is 2.15 bits per heavy atom. The van der Waals surface area contributed by atoms with Crippen molar-refractivity contribution >= 4 is 11.6 Å².